The third kappa shape index (κ3) is 2.61. The van der Waals surface area contributed by atoms with Crippen LogP contribution in [0.3, 0.4) is 0 Å². The van der Waals surface area contributed by atoms with E-state index in [4.69, 9.17) is 14.5 Å². The fourth-order valence-corrected chi connectivity index (χ4v) is 4.64. The van der Waals surface area contributed by atoms with Crippen molar-refractivity contribution in [3.8, 4) is 11.5 Å². The molecule has 7 heteroatoms. The molecular formula is C23H22N2O5. The predicted octanol–water partition coefficient (Wildman–Crippen LogP) is 3.18. The average molecular weight is 406 g/mol. The Morgan fingerprint density at radius 2 is 2.07 bits per heavy atom. The van der Waals surface area contributed by atoms with E-state index in [1.165, 1.54) is 0 Å². The van der Waals surface area contributed by atoms with Crippen LogP contribution in [0.15, 0.2) is 29.1 Å². The Bertz CT molecular complexity index is 1190. The van der Waals surface area contributed by atoms with Crippen LogP contribution in [0.5, 0.6) is 11.5 Å². The molecule has 1 N–H and O–H groups in total. The molecule has 7 nitrogen and oxygen atoms in total. The van der Waals surface area contributed by atoms with Gasteiger partial charge in [0.05, 0.1) is 26.0 Å². The lowest BCUT2D eigenvalue weighted by atomic mass is 9.90. The minimum Gasteiger partial charge on any atom is -0.493 e. The normalized spacial score (nSPS) is 24.6. The fourth-order valence-electron chi connectivity index (χ4n) is 4.64. The van der Waals surface area contributed by atoms with Gasteiger partial charge in [0.2, 0.25) is 0 Å². The summed E-state index contributed by atoms with van der Waals surface area (Å²) in [7, 11) is 3.20. The van der Waals surface area contributed by atoms with Crippen molar-refractivity contribution in [1.82, 2.24) is 9.55 Å². The van der Waals surface area contributed by atoms with Gasteiger partial charge < -0.3 is 14.6 Å². The van der Waals surface area contributed by atoms with Crippen LogP contribution in [0.4, 0.5) is 0 Å². The van der Waals surface area contributed by atoms with Gasteiger partial charge in [0.25, 0.3) is 5.56 Å². The Morgan fingerprint density at radius 3 is 2.80 bits per heavy atom. The van der Waals surface area contributed by atoms with E-state index in [0.29, 0.717) is 35.7 Å². The zero-order chi connectivity index (χ0) is 21.0. The van der Waals surface area contributed by atoms with Crippen LogP contribution in [0.1, 0.15) is 47.9 Å². The number of rotatable bonds is 4. The molecule has 2 unspecified atom stereocenters. The van der Waals surface area contributed by atoms with Gasteiger partial charge in [-0.05, 0) is 61.1 Å². The summed E-state index contributed by atoms with van der Waals surface area (Å²) in [6, 6.07) is 5.36. The maximum absolute atomic E-state index is 13.3. The second kappa shape index (κ2) is 6.58. The number of fused-ring (bicyclic) bond motifs is 4. The van der Waals surface area contributed by atoms with Gasteiger partial charge in [-0.1, -0.05) is 12.1 Å². The Hall–Kier alpha value is -3.35. The van der Waals surface area contributed by atoms with Crippen LogP contribution in [0, 0.1) is 5.41 Å². The number of aliphatic carboxylic acids is 1. The number of nitrogens with zero attached hydrogens (tertiary/aromatic N) is 2. The summed E-state index contributed by atoms with van der Waals surface area (Å²) in [5.74, 6) is 0.958. The Kier molecular flexibility index (Phi) is 4.10. The summed E-state index contributed by atoms with van der Waals surface area (Å²) >= 11 is 0. The number of benzene rings is 1. The minimum absolute atomic E-state index is 0.106. The van der Waals surface area contributed by atoms with Gasteiger partial charge >= 0.3 is 5.97 Å². The largest absolute Gasteiger partial charge is 0.493 e. The van der Waals surface area contributed by atoms with Crippen molar-refractivity contribution in [1.29, 1.82) is 0 Å². The first-order chi connectivity index (χ1) is 14.5. The molecule has 2 aliphatic carbocycles. The van der Waals surface area contributed by atoms with Gasteiger partial charge in [0, 0.05) is 5.56 Å². The quantitative estimate of drug-likeness (QED) is 0.839. The van der Waals surface area contributed by atoms with Crippen LogP contribution < -0.4 is 15.0 Å². The lowest BCUT2D eigenvalue weighted by Crippen LogP contribution is -2.33. The van der Waals surface area contributed by atoms with E-state index in [2.05, 4.69) is 0 Å². The molecule has 0 bridgehead atoms. The highest BCUT2D eigenvalue weighted by Crippen LogP contribution is 2.59. The first-order valence-electron chi connectivity index (χ1n) is 9.99. The van der Waals surface area contributed by atoms with Crippen molar-refractivity contribution < 1.29 is 19.4 Å². The summed E-state index contributed by atoms with van der Waals surface area (Å²) in [5, 5.41) is 9.57. The maximum Gasteiger partial charge on any atom is 0.315 e. The SMILES string of the molecule is COc1ccc(/C=C2/CCCc3c2nc2n(c3=O)C3CC3(C(=O)O)C=C2)cc1OC. The molecule has 0 saturated heterocycles. The second-order valence-electron chi connectivity index (χ2n) is 8.01. The van der Waals surface area contributed by atoms with Crippen molar-refractivity contribution in [2.75, 3.05) is 14.2 Å². The number of hydrogen-bond donors (Lipinski definition) is 1. The molecule has 1 fully saturated rings. The molecule has 1 saturated carbocycles. The van der Waals surface area contributed by atoms with Crippen LogP contribution in [-0.4, -0.2) is 34.8 Å². The van der Waals surface area contributed by atoms with Gasteiger partial charge in [-0.2, -0.15) is 0 Å². The van der Waals surface area contributed by atoms with E-state index in [1.807, 2.05) is 24.3 Å². The van der Waals surface area contributed by atoms with E-state index < -0.39 is 11.4 Å². The molecule has 2 heterocycles. The third-order valence-corrected chi connectivity index (χ3v) is 6.37. The first kappa shape index (κ1) is 18.7. The monoisotopic (exact) mass is 406 g/mol. The lowest BCUT2D eigenvalue weighted by Gasteiger charge is -2.23. The smallest absolute Gasteiger partial charge is 0.315 e. The summed E-state index contributed by atoms with van der Waals surface area (Å²) in [6.45, 7) is 0. The molecule has 2 atom stereocenters. The number of hydrogen-bond acceptors (Lipinski definition) is 5. The minimum atomic E-state index is -0.945. The number of methoxy groups -OCH3 is 2. The highest BCUT2D eigenvalue weighted by atomic mass is 16.5. The summed E-state index contributed by atoms with van der Waals surface area (Å²) in [4.78, 5) is 29.7. The van der Waals surface area contributed by atoms with E-state index in [-0.39, 0.29) is 11.6 Å². The number of allylic oxidation sites excluding steroid dienone is 1. The van der Waals surface area contributed by atoms with Crippen molar-refractivity contribution in [2.24, 2.45) is 5.41 Å². The molecule has 5 rings (SSSR count). The van der Waals surface area contributed by atoms with E-state index >= 15 is 0 Å². The Balaban J connectivity index is 1.60. The third-order valence-electron chi connectivity index (χ3n) is 6.37. The van der Waals surface area contributed by atoms with Crippen molar-refractivity contribution in [2.45, 2.75) is 31.7 Å². The van der Waals surface area contributed by atoms with Crippen molar-refractivity contribution in [3.63, 3.8) is 0 Å². The number of carboxylic acid groups (broad SMARTS) is 1. The summed E-state index contributed by atoms with van der Waals surface area (Å²) < 4.78 is 12.3. The zero-order valence-corrected chi connectivity index (χ0v) is 16.8. The molecule has 3 aliphatic rings. The summed E-state index contributed by atoms with van der Waals surface area (Å²) in [6.07, 6.45) is 8.18. The highest BCUT2D eigenvalue weighted by Gasteiger charge is 2.62. The standard InChI is InChI=1S/C23H22N2O5/c1-29-16-7-6-13(11-17(16)30-2)10-14-4-3-5-15-20(14)24-19-8-9-23(22(27)28)12-18(23)25(19)21(15)26/h6-11,18H,3-5,12H2,1-2H3,(H,27,28)/b14-10-. The summed E-state index contributed by atoms with van der Waals surface area (Å²) in [5.41, 5.74) is 2.30. The van der Waals surface area contributed by atoms with Gasteiger partial charge in [-0.3, -0.25) is 14.2 Å². The highest BCUT2D eigenvalue weighted by molar-refractivity contribution is 5.85. The Labute approximate surface area is 173 Å². The van der Waals surface area contributed by atoms with Crippen LogP contribution in [0.2, 0.25) is 0 Å². The second-order valence-corrected chi connectivity index (χ2v) is 8.01. The van der Waals surface area contributed by atoms with E-state index in [0.717, 1.165) is 29.7 Å². The van der Waals surface area contributed by atoms with Crippen LogP contribution in [-0.2, 0) is 11.2 Å². The lowest BCUT2D eigenvalue weighted by molar-refractivity contribution is -0.141. The van der Waals surface area contributed by atoms with Gasteiger partial charge in [-0.15, -0.1) is 0 Å². The fraction of sp³-hybridized carbons (Fsp3) is 0.348. The predicted molar refractivity (Wildman–Crippen MR) is 112 cm³/mol. The molecular weight excluding hydrogens is 384 g/mol. The molecule has 0 radical (unpaired) electrons. The van der Waals surface area contributed by atoms with Crippen molar-refractivity contribution >= 4 is 23.7 Å². The van der Waals surface area contributed by atoms with E-state index in [9.17, 15) is 14.7 Å². The number of carboxylic acids is 1. The maximum atomic E-state index is 13.3. The molecule has 0 amide bonds. The molecule has 1 aromatic carbocycles. The van der Waals surface area contributed by atoms with E-state index in [1.54, 1.807) is 30.9 Å². The average Bonchev–Trinajstić information content (AvgIpc) is 3.50. The van der Waals surface area contributed by atoms with Gasteiger partial charge in [-0.25, -0.2) is 4.98 Å². The molecule has 0 spiro atoms. The van der Waals surface area contributed by atoms with Crippen molar-refractivity contribution in [3.05, 3.63) is 57.3 Å². The Morgan fingerprint density at radius 1 is 1.27 bits per heavy atom. The molecule has 1 aliphatic heterocycles. The molecule has 154 valence electrons. The topological polar surface area (TPSA) is 90.7 Å². The molecule has 2 aromatic rings. The molecule has 30 heavy (non-hydrogen) atoms. The number of carbonyl (C=O) groups is 1. The molecule has 1 aromatic heterocycles. The first-order valence-corrected chi connectivity index (χ1v) is 9.99. The van der Waals surface area contributed by atoms with Crippen LogP contribution in [0.25, 0.3) is 17.7 Å². The van der Waals surface area contributed by atoms with Crippen LogP contribution >= 0.6 is 0 Å². The zero-order valence-electron chi connectivity index (χ0n) is 16.8. The van der Waals surface area contributed by atoms with Gasteiger partial charge in [0.15, 0.2) is 11.5 Å². The number of ether oxygens (including phenoxy) is 2. The number of aromatic nitrogens is 2. The van der Waals surface area contributed by atoms with Gasteiger partial charge in [0.1, 0.15) is 11.2 Å².